The molecule has 0 saturated heterocycles. The zero-order valence-electron chi connectivity index (χ0n) is 16.6. The van der Waals surface area contributed by atoms with Crippen molar-refractivity contribution in [2.24, 2.45) is 11.7 Å². The van der Waals surface area contributed by atoms with E-state index in [4.69, 9.17) is 5.73 Å². The van der Waals surface area contributed by atoms with Crippen molar-refractivity contribution in [3.05, 3.63) is 47.8 Å². The van der Waals surface area contributed by atoms with E-state index in [0.29, 0.717) is 18.5 Å². The summed E-state index contributed by atoms with van der Waals surface area (Å²) in [6, 6.07) is 5.42. The number of hydrogen-bond donors (Lipinski definition) is 2. The molecule has 1 aromatic carbocycles. The molecule has 2 fully saturated rings. The number of halogens is 3. The van der Waals surface area contributed by atoms with Gasteiger partial charge in [0.15, 0.2) is 0 Å². The number of alkyl halides is 3. The first-order chi connectivity index (χ1) is 14.3. The average Bonchev–Trinajstić information content (AvgIpc) is 3.41. The summed E-state index contributed by atoms with van der Waals surface area (Å²) < 4.78 is 43.4. The Labute approximate surface area is 173 Å². The highest BCUT2D eigenvalue weighted by Gasteiger charge is 2.52. The van der Waals surface area contributed by atoms with E-state index in [9.17, 15) is 18.0 Å². The van der Waals surface area contributed by atoms with Crippen molar-refractivity contribution in [2.45, 2.75) is 68.7 Å². The van der Waals surface area contributed by atoms with Gasteiger partial charge in [-0.2, -0.15) is 13.2 Å². The summed E-state index contributed by atoms with van der Waals surface area (Å²) >= 11 is 0. The normalized spacial score (nSPS) is 21.2. The second-order valence-electron chi connectivity index (χ2n) is 8.41. The van der Waals surface area contributed by atoms with Crippen LogP contribution >= 0.6 is 0 Å². The van der Waals surface area contributed by atoms with Crippen LogP contribution in [0.15, 0.2) is 36.5 Å². The number of aromatic nitrogens is 3. The molecule has 2 atom stereocenters. The van der Waals surface area contributed by atoms with E-state index in [2.05, 4.69) is 15.6 Å². The highest BCUT2D eigenvalue weighted by Crippen LogP contribution is 2.44. The van der Waals surface area contributed by atoms with Crippen LogP contribution in [0.3, 0.4) is 0 Å². The van der Waals surface area contributed by atoms with E-state index < -0.39 is 29.7 Å². The van der Waals surface area contributed by atoms with E-state index in [1.54, 1.807) is 24.4 Å². The molecular weight excluding hydrogens is 395 g/mol. The number of nitrogens with two attached hydrogens (primary N) is 1. The second-order valence-corrected chi connectivity index (χ2v) is 8.41. The first-order valence-electron chi connectivity index (χ1n) is 10.4. The molecule has 0 aliphatic heterocycles. The first-order valence-corrected chi connectivity index (χ1v) is 10.4. The van der Waals surface area contributed by atoms with Crippen LogP contribution in [0, 0.1) is 5.92 Å². The highest BCUT2D eigenvalue weighted by molar-refractivity contribution is 5.85. The van der Waals surface area contributed by atoms with Crippen LogP contribution < -0.4 is 11.1 Å². The SMILES string of the molecule is NC(=O)C1(n2cc([C@@H](NC(c3ccccc3)C(F)(F)F)C3CCCCC3)nn2)CC1. The van der Waals surface area contributed by atoms with Crippen LogP contribution in [0.1, 0.15) is 68.3 Å². The van der Waals surface area contributed by atoms with Gasteiger partial charge in [-0.3, -0.25) is 10.1 Å². The quantitative estimate of drug-likeness (QED) is 0.713. The minimum atomic E-state index is -4.46. The molecule has 4 rings (SSSR count). The van der Waals surface area contributed by atoms with E-state index in [1.807, 2.05) is 0 Å². The van der Waals surface area contributed by atoms with Gasteiger partial charge in [-0.25, -0.2) is 4.68 Å². The molecule has 6 nitrogen and oxygen atoms in total. The Balaban J connectivity index is 1.66. The largest absolute Gasteiger partial charge is 0.407 e. The van der Waals surface area contributed by atoms with Crippen molar-refractivity contribution >= 4 is 5.91 Å². The molecule has 162 valence electrons. The lowest BCUT2D eigenvalue weighted by molar-refractivity contribution is -0.161. The second kappa shape index (κ2) is 8.02. The third-order valence-electron chi connectivity index (χ3n) is 6.38. The van der Waals surface area contributed by atoms with Crippen molar-refractivity contribution in [1.29, 1.82) is 0 Å². The van der Waals surface area contributed by atoms with Gasteiger partial charge in [0.1, 0.15) is 11.6 Å². The molecule has 3 N–H and O–H groups in total. The molecular formula is C21H26F3N5O. The maximum absolute atomic E-state index is 14.0. The van der Waals surface area contributed by atoms with Crippen molar-refractivity contribution in [2.75, 3.05) is 0 Å². The molecule has 1 heterocycles. The topological polar surface area (TPSA) is 85.8 Å². The summed E-state index contributed by atoms with van der Waals surface area (Å²) in [4.78, 5) is 11.8. The number of rotatable bonds is 7. The predicted molar refractivity (Wildman–Crippen MR) is 104 cm³/mol. The fourth-order valence-electron chi connectivity index (χ4n) is 4.47. The molecule has 1 aromatic heterocycles. The minimum absolute atomic E-state index is 0.0150. The van der Waals surface area contributed by atoms with Gasteiger partial charge in [-0.1, -0.05) is 54.8 Å². The van der Waals surface area contributed by atoms with Crippen LogP contribution in [-0.2, 0) is 10.3 Å². The van der Waals surface area contributed by atoms with Crippen molar-refractivity contribution in [1.82, 2.24) is 20.3 Å². The molecule has 0 bridgehead atoms. The zero-order valence-corrected chi connectivity index (χ0v) is 16.6. The standard InChI is InChI=1S/C21H26F3N5O/c22-21(23,24)18(15-9-5-2-6-10-15)26-17(14-7-3-1-4-8-14)16-13-29(28-27-16)20(11-12-20)19(25)30/h2,5-6,9-10,13-14,17-18,26H,1,3-4,7-8,11-12H2,(H2,25,30)/t17-,18?/m0/s1. The Kier molecular flexibility index (Phi) is 5.57. The van der Waals surface area contributed by atoms with Gasteiger partial charge in [0.25, 0.3) is 0 Å². The molecule has 2 aromatic rings. The Morgan fingerprint density at radius 3 is 2.40 bits per heavy atom. The lowest BCUT2D eigenvalue weighted by Crippen LogP contribution is -2.40. The Morgan fingerprint density at radius 2 is 1.83 bits per heavy atom. The van der Waals surface area contributed by atoms with Gasteiger partial charge < -0.3 is 5.73 Å². The number of primary amides is 1. The smallest absolute Gasteiger partial charge is 0.368 e. The molecule has 2 aliphatic carbocycles. The van der Waals surface area contributed by atoms with Gasteiger partial charge in [0.2, 0.25) is 5.91 Å². The van der Waals surface area contributed by atoms with Crippen molar-refractivity contribution in [3.63, 3.8) is 0 Å². The molecule has 0 spiro atoms. The van der Waals surface area contributed by atoms with Crippen LogP contribution in [-0.4, -0.2) is 27.1 Å². The summed E-state index contributed by atoms with van der Waals surface area (Å²) in [5.74, 6) is -0.472. The van der Waals surface area contributed by atoms with E-state index >= 15 is 0 Å². The zero-order chi connectivity index (χ0) is 21.4. The number of nitrogens with zero attached hydrogens (tertiary/aromatic N) is 3. The lowest BCUT2D eigenvalue weighted by Gasteiger charge is -2.34. The molecule has 9 heteroatoms. The fourth-order valence-corrected chi connectivity index (χ4v) is 4.47. The van der Waals surface area contributed by atoms with Gasteiger partial charge in [0.05, 0.1) is 17.9 Å². The molecule has 2 saturated carbocycles. The van der Waals surface area contributed by atoms with Gasteiger partial charge in [-0.15, -0.1) is 5.10 Å². The van der Waals surface area contributed by atoms with Crippen molar-refractivity contribution < 1.29 is 18.0 Å². The predicted octanol–water partition coefficient (Wildman–Crippen LogP) is 3.77. The summed E-state index contributed by atoms with van der Waals surface area (Å²) in [5, 5.41) is 11.1. The van der Waals surface area contributed by atoms with E-state index in [1.165, 1.54) is 16.8 Å². The van der Waals surface area contributed by atoms with Crippen LogP contribution in [0.5, 0.6) is 0 Å². The Bertz CT molecular complexity index is 872. The maximum atomic E-state index is 14.0. The summed E-state index contributed by atoms with van der Waals surface area (Å²) in [7, 11) is 0. The molecule has 1 amide bonds. The minimum Gasteiger partial charge on any atom is -0.368 e. The van der Waals surface area contributed by atoms with Gasteiger partial charge in [0, 0.05) is 0 Å². The Morgan fingerprint density at radius 1 is 1.17 bits per heavy atom. The molecule has 1 unspecified atom stereocenters. The van der Waals surface area contributed by atoms with Crippen LogP contribution in [0.25, 0.3) is 0 Å². The monoisotopic (exact) mass is 421 g/mol. The van der Waals surface area contributed by atoms with E-state index in [-0.39, 0.29) is 11.5 Å². The Hall–Kier alpha value is -2.42. The van der Waals surface area contributed by atoms with E-state index in [0.717, 1.165) is 32.1 Å². The summed E-state index contributed by atoms with van der Waals surface area (Å²) in [6.45, 7) is 0. The molecule has 2 aliphatic rings. The third kappa shape index (κ3) is 4.08. The van der Waals surface area contributed by atoms with Gasteiger partial charge in [-0.05, 0) is 37.2 Å². The maximum Gasteiger partial charge on any atom is 0.407 e. The number of carbonyl (C=O) groups is 1. The third-order valence-corrected chi connectivity index (χ3v) is 6.38. The number of carbonyl (C=O) groups excluding carboxylic acids is 1. The van der Waals surface area contributed by atoms with Gasteiger partial charge >= 0.3 is 6.18 Å². The number of benzene rings is 1. The number of amides is 1. The van der Waals surface area contributed by atoms with Crippen LogP contribution in [0.2, 0.25) is 0 Å². The number of nitrogens with one attached hydrogen (secondary N) is 1. The fraction of sp³-hybridized carbons (Fsp3) is 0.571. The van der Waals surface area contributed by atoms with Crippen LogP contribution in [0.4, 0.5) is 13.2 Å². The molecule has 0 radical (unpaired) electrons. The number of hydrogen-bond acceptors (Lipinski definition) is 4. The average molecular weight is 421 g/mol. The first kappa shape index (κ1) is 20.8. The van der Waals surface area contributed by atoms with Crippen molar-refractivity contribution in [3.8, 4) is 0 Å². The molecule has 30 heavy (non-hydrogen) atoms. The summed E-state index contributed by atoms with van der Waals surface area (Å²) in [5.41, 5.74) is 5.22. The summed E-state index contributed by atoms with van der Waals surface area (Å²) in [6.07, 6.45) is 2.97. The lowest BCUT2D eigenvalue weighted by atomic mass is 9.82. The highest BCUT2D eigenvalue weighted by atomic mass is 19.4.